The third-order valence-electron chi connectivity index (χ3n) is 6.02. The molecular formula is C26H27N3O. The van der Waals surface area contributed by atoms with Crippen molar-refractivity contribution in [3.63, 3.8) is 0 Å². The van der Waals surface area contributed by atoms with Crippen LogP contribution in [0.2, 0.25) is 0 Å². The van der Waals surface area contributed by atoms with Crippen molar-refractivity contribution in [2.75, 3.05) is 32.1 Å². The zero-order valence-electron chi connectivity index (χ0n) is 17.5. The van der Waals surface area contributed by atoms with Crippen LogP contribution in [-0.4, -0.2) is 37.8 Å². The van der Waals surface area contributed by atoms with Crippen molar-refractivity contribution >= 4 is 17.1 Å². The maximum Gasteiger partial charge on any atom is 0.167 e. The standard InChI is InChI=1S/C26H27N3O/c1-28(2)17-10-18-29-22-15-8-6-13-20(22)24-25(19-11-4-3-5-12-19)27-30-26(24)21-14-7-9-16-23(21)29/h3-9,11-16,24,26H,10,17-18H2,1-2H3. The molecular weight excluding hydrogens is 370 g/mol. The number of hydrogen-bond acceptors (Lipinski definition) is 4. The van der Waals surface area contributed by atoms with Gasteiger partial charge in [0.15, 0.2) is 6.10 Å². The second-order valence-electron chi connectivity index (χ2n) is 8.27. The zero-order valence-corrected chi connectivity index (χ0v) is 17.5. The van der Waals surface area contributed by atoms with Crippen molar-refractivity contribution in [3.8, 4) is 0 Å². The van der Waals surface area contributed by atoms with Crippen molar-refractivity contribution < 1.29 is 4.84 Å². The second kappa shape index (κ2) is 7.96. The Morgan fingerprint density at radius 2 is 1.47 bits per heavy atom. The van der Waals surface area contributed by atoms with E-state index in [2.05, 4.69) is 102 Å². The Balaban J connectivity index is 1.64. The van der Waals surface area contributed by atoms with Crippen LogP contribution in [0.5, 0.6) is 0 Å². The van der Waals surface area contributed by atoms with Gasteiger partial charge in [-0.3, -0.25) is 0 Å². The van der Waals surface area contributed by atoms with Gasteiger partial charge in [0.25, 0.3) is 0 Å². The lowest BCUT2D eigenvalue weighted by molar-refractivity contribution is 0.0772. The fourth-order valence-corrected chi connectivity index (χ4v) is 4.65. The summed E-state index contributed by atoms with van der Waals surface area (Å²) in [6.45, 7) is 2.02. The van der Waals surface area contributed by atoms with Crippen LogP contribution in [0.25, 0.3) is 0 Å². The zero-order chi connectivity index (χ0) is 20.5. The maximum absolute atomic E-state index is 6.13. The van der Waals surface area contributed by atoms with E-state index in [9.17, 15) is 0 Å². The molecule has 30 heavy (non-hydrogen) atoms. The van der Waals surface area contributed by atoms with Crippen LogP contribution < -0.4 is 4.90 Å². The highest BCUT2D eigenvalue weighted by molar-refractivity contribution is 6.07. The highest BCUT2D eigenvalue weighted by Gasteiger charge is 2.42. The van der Waals surface area contributed by atoms with E-state index < -0.39 is 0 Å². The third kappa shape index (κ3) is 3.27. The average Bonchev–Trinajstić information content (AvgIpc) is 3.18. The average molecular weight is 398 g/mol. The number of hydrogen-bond donors (Lipinski definition) is 0. The molecule has 2 unspecified atom stereocenters. The third-order valence-corrected chi connectivity index (χ3v) is 6.02. The van der Waals surface area contributed by atoms with Gasteiger partial charge < -0.3 is 14.6 Å². The van der Waals surface area contributed by atoms with Gasteiger partial charge in [-0.25, -0.2) is 0 Å². The largest absolute Gasteiger partial charge is 0.386 e. The van der Waals surface area contributed by atoms with Crippen LogP contribution in [-0.2, 0) is 4.84 Å². The minimum absolute atomic E-state index is 0.0728. The van der Waals surface area contributed by atoms with Crippen LogP contribution in [0.3, 0.4) is 0 Å². The predicted octanol–water partition coefficient (Wildman–Crippen LogP) is 5.35. The van der Waals surface area contributed by atoms with Crippen molar-refractivity contribution in [1.82, 2.24) is 4.90 Å². The summed E-state index contributed by atoms with van der Waals surface area (Å²) in [5.41, 5.74) is 7.10. The van der Waals surface area contributed by atoms with Crippen LogP contribution >= 0.6 is 0 Å². The summed E-state index contributed by atoms with van der Waals surface area (Å²) < 4.78 is 0. The molecule has 5 rings (SSSR count). The molecule has 2 aliphatic rings. The molecule has 0 fully saturated rings. The Bertz CT molecular complexity index is 1060. The topological polar surface area (TPSA) is 28.1 Å². The molecule has 4 nitrogen and oxygen atoms in total. The van der Waals surface area contributed by atoms with Crippen LogP contribution in [0, 0.1) is 0 Å². The normalized spacial score (nSPS) is 19.4. The van der Waals surface area contributed by atoms with E-state index in [1.165, 1.54) is 22.5 Å². The van der Waals surface area contributed by atoms with Crippen molar-refractivity contribution in [2.24, 2.45) is 5.16 Å². The second-order valence-corrected chi connectivity index (χ2v) is 8.27. The van der Waals surface area contributed by atoms with Gasteiger partial charge in [-0.2, -0.15) is 0 Å². The summed E-state index contributed by atoms with van der Waals surface area (Å²) >= 11 is 0. The first kappa shape index (κ1) is 18.9. The fourth-order valence-electron chi connectivity index (χ4n) is 4.65. The van der Waals surface area contributed by atoms with Crippen LogP contribution in [0.1, 0.15) is 35.1 Å². The Labute approximate surface area is 178 Å². The van der Waals surface area contributed by atoms with Gasteiger partial charge in [-0.1, -0.05) is 71.9 Å². The smallest absolute Gasteiger partial charge is 0.167 e. The van der Waals surface area contributed by atoms with E-state index in [0.717, 1.165) is 30.8 Å². The minimum Gasteiger partial charge on any atom is -0.386 e. The number of benzene rings is 3. The summed E-state index contributed by atoms with van der Waals surface area (Å²) in [5, 5.41) is 4.59. The molecule has 0 radical (unpaired) electrons. The molecule has 2 atom stereocenters. The van der Waals surface area contributed by atoms with Gasteiger partial charge in [0.05, 0.1) is 11.6 Å². The van der Waals surface area contributed by atoms with Gasteiger partial charge in [0, 0.05) is 29.0 Å². The summed E-state index contributed by atoms with van der Waals surface area (Å²) in [6, 6.07) is 27.8. The SMILES string of the molecule is CN(C)CCCN1c2ccccc2C2ON=C(c3ccccc3)C2c2ccccc21. The lowest BCUT2D eigenvalue weighted by atomic mass is 9.83. The Kier molecular flexibility index (Phi) is 5.01. The van der Waals surface area contributed by atoms with Crippen molar-refractivity contribution in [2.45, 2.75) is 18.4 Å². The van der Waals surface area contributed by atoms with Crippen LogP contribution in [0.4, 0.5) is 11.4 Å². The Hall–Kier alpha value is -3.11. The molecule has 3 aromatic rings. The maximum atomic E-state index is 6.13. The van der Waals surface area contributed by atoms with Crippen molar-refractivity contribution in [1.29, 1.82) is 0 Å². The molecule has 2 aliphatic heterocycles. The molecule has 4 heteroatoms. The molecule has 0 saturated carbocycles. The number of nitrogens with zero attached hydrogens (tertiary/aromatic N) is 3. The number of para-hydroxylation sites is 2. The molecule has 0 aromatic heterocycles. The summed E-state index contributed by atoms with van der Waals surface area (Å²) in [4.78, 5) is 10.8. The van der Waals surface area contributed by atoms with E-state index in [0.29, 0.717) is 0 Å². The molecule has 2 heterocycles. The van der Waals surface area contributed by atoms with Gasteiger partial charge in [-0.15, -0.1) is 0 Å². The van der Waals surface area contributed by atoms with Gasteiger partial charge in [0.2, 0.25) is 0 Å². The predicted molar refractivity (Wildman–Crippen MR) is 123 cm³/mol. The number of anilines is 2. The Morgan fingerprint density at radius 3 is 2.20 bits per heavy atom. The van der Waals surface area contributed by atoms with Gasteiger partial charge in [0.1, 0.15) is 0 Å². The highest BCUT2D eigenvalue weighted by Crippen LogP contribution is 2.51. The van der Waals surface area contributed by atoms with Crippen molar-refractivity contribution in [3.05, 3.63) is 95.6 Å². The molecule has 152 valence electrons. The number of oxime groups is 1. The molecule has 0 bridgehead atoms. The Morgan fingerprint density at radius 1 is 0.833 bits per heavy atom. The monoisotopic (exact) mass is 397 g/mol. The molecule has 0 amide bonds. The first-order chi connectivity index (χ1) is 14.7. The minimum atomic E-state index is -0.114. The van der Waals surface area contributed by atoms with E-state index in [4.69, 9.17) is 4.84 Å². The first-order valence-electron chi connectivity index (χ1n) is 10.6. The van der Waals surface area contributed by atoms with E-state index >= 15 is 0 Å². The first-order valence-corrected chi connectivity index (χ1v) is 10.6. The van der Waals surface area contributed by atoms with Gasteiger partial charge >= 0.3 is 0 Å². The quantitative estimate of drug-likeness (QED) is 0.581. The molecule has 0 saturated heterocycles. The molecule has 0 N–H and O–H groups in total. The lowest BCUT2D eigenvalue weighted by Gasteiger charge is -2.28. The van der Waals surface area contributed by atoms with E-state index in [1.54, 1.807) is 0 Å². The molecule has 0 spiro atoms. The molecule has 3 aromatic carbocycles. The summed E-state index contributed by atoms with van der Waals surface area (Å²) in [7, 11) is 4.26. The number of rotatable bonds is 5. The summed E-state index contributed by atoms with van der Waals surface area (Å²) in [5.74, 6) is 0.0728. The lowest BCUT2D eigenvalue weighted by Crippen LogP contribution is -2.24. The van der Waals surface area contributed by atoms with Gasteiger partial charge in [-0.05, 0) is 44.8 Å². The fraction of sp³-hybridized carbons (Fsp3) is 0.269. The number of fused-ring (bicyclic) bond motifs is 5. The van der Waals surface area contributed by atoms with E-state index in [1.807, 2.05) is 6.07 Å². The van der Waals surface area contributed by atoms with Crippen LogP contribution in [0.15, 0.2) is 84.0 Å². The summed E-state index contributed by atoms with van der Waals surface area (Å²) in [6.07, 6.45) is 0.974. The molecule has 0 aliphatic carbocycles. The van der Waals surface area contributed by atoms with E-state index in [-0.39, 0.29) is 12.0 Å². The highest BCUT2D eigenvalue weighted by atomic mass is 16.6.